The maximum absolute atomic E-state index is 11.1. The van der Waals surface area contributed by atoms with Gasteiger partial charge in [0.2, 0.25) is 0 Å². The zero-order valence-corrected chi connectivity index (χ0v) is 10.7. The van der Waals surface area contributed by atoms with Crippen LogP contribution in [0, 0.1) is 6.92 Å². The van der Waals surface area contributed by atoms with E-state index in [1.807, 2.05) is 38.1 Å². The zero-order chi connectivity index (χ0) is 13.4. The number of rotatable bonds is 3. The molecule has 0 saturated carbocycles. The number of nitrogens with one attached hydrogen (secondary N) is 2. The summed E-state index contributed by atoms with van der Waals surface area (Å²) < 4.78 is 10.5. The van der Waals surface area contributed by atoms with Crippen molar-refractivity contribution < 1.29 is 8.83 Å². The van der Waals surface area contributed by atoms with Crippen LogP contribution < -0.4 is 11.1 Å². The summed E-state index contributed by atoms with van der Waals surface area (Å²) in [6.07, 6.45) is 0. The third-order valence-electron chi connectivity index (χ3n) is 2.99. The van der Waals surface area contributed by atoms with E-state index in [0.717, 1.165) is 17.2 Å². The van der Waals surface area contributed by atoms with E-state index < -0.39 is 5.76 Å². The molecule has 5 heteroatoms. The number of benzene rings is 1. The molecule has 3 rings (SSSR count). The fourth-order valence-corrected chi connectivity index (χ4v) is 2.05. The van der Waals surface area contributed by atoms with Gasteiger partial charge < -0.3 is 14.2 Å². The Morgan fingerprint density at radius 2 is 2.05 bits per heavy atom. The highest BCUT2D eigenvalue weighted by molar-refractivity contribution is 5.76. The summed E-state index contributed by atoms with van der Waals surface area (Å²) in [5, 5.41) is 3.32. The van der Waals surface area contributed by atoms with Gasteiger partial charge in [-0.2, -0.15) is 0 Å². The molecule has 0 amide bonds. The molecule has 0 aliphatic heterocycles. The highest BCUT2D eigenvalue weighted by atomic mass is 16.4. The molecule has 3 aromatic rings. The molecule has 1 atom stereocenters. The molecule has 0 bridgehead atoms. The Labute approximate surface area is 109 Å². The van der Waals surface area contributed by atoms with Crippen molar-refractivity contribution in [2.24, 2.45) is 0 Å². The number of aromatic amines is 1. The number of anilines is 1. The molecule has 1 aromatic carbocycles. The van der Waals surface area contributed by atoms with Gasteiger partial charge in [-0.05, 0) is 44.2 Å². The molecule has 19 heavy (non-hydrogen) atoms. The van der Waals surface area contributed by atoms with Crippen molar-refractivity contribution in [1.29, 1.82) is 0 Å². The molecule has 5 nitrogen and oxygen atoms in total. The molecule has 1 unspecified atom stereocenters. The van der Waals surface area contributed by atoms with Gasteiger partial charge >= 0.3 is 5.76 Å². The number of fused-ring (bicyclic) bond motifs is 1. The third kappa shape index (κ3) is 2.27. The number of oxazole rings is 1. The van der Waals surface area contributed by atoms with Crippen molar-refractivity contribution in [2.75, 3.05) is 5.32 Å². The average Bonchev–Trinajstić information content (AvgIpc) is 2.93. The maximum Gasteiger partial charge on any atom is 0.417 e. The van der Waals surface area contributed by atoms with E-state index in [1.165, 1.54) is 0 Å². The third-order valence-corrected chi connectivity index (χ3v) is 2.99. The van der Waals surface area contributed by atoms with Gasteiger partial charge in [-0.25, -0.2) is 4.79 Å². The second kappa shape index (κ2) is 4.35. The van der Waals surface area contributed by atoms with Crippen LogP contribution in [0.3, 0.4) is 0 Å². The predicted octanol–water partition coefficient (Wildman–Crippen LogP) is 3.20. The Hall–Kier alpha value is -2.43. The van der Waals surface area contributed by atoms with Crippen LogP contribution in [0.25, 0.3) is 11.1 Å². The lowest BCUT2D eigenvalue weighted by Crippen LogP contribution is -2.05. The molecule has 0 aliphatic rings. The average molecular weight is 258 g/mol. The van der Waals surface area contributed by atoms with Crippen molar-refractivity contribution in [3.8, 4) is 0 Å². The first-order valence-electron chi connectivity index (χ1n) is 6.07. The van der Waals surface area contributed by atoms with Crippen molar-refractivity contribution in [3.05, 3.63) is 52.4 Å². The van der Waals surface area contributed by atoms with E-state index in [0.29, 0.717) is 11.1 Å². The van der Waals surface area contributed by atoms with Crippen molar-refractivity contribution in [1.82, 2.24) is 4.98 Å². The second-order valence-corrected chi connectivity index (χ2v) is 4.54. The minimum atomic E-state index is -0.443. The van der Waals surface area contributed by atoms with Crippen LogP contribution in [0.2, 0.25) is 0 Å². The molecular weight excluding hydrogens is 244 g/mol. The van der Waals surface area contributed by atoms with Crippen LogP contribution in [0.4, 0.5) is 5.69 Å². The Morgan fingerprint density at radius 1 is 1.21 bits per heavy atom. The van der Waals surface area contributed by atoms with E-state index in [2.05, 4.69) is 10.3 Å². The lowest BCUT2D eigenvalue weighted by atomic mass is 10.2. The molecule has 98 valence electrons. The van der Waals surface area contributed by atoms with Crippen molar-refractivity contribution in [2.45, 2.75) is 19.9 Å². The number of furan rings is 1. The van der Waals surface area contributed by atoms with E-state index in [-0.39, 0.29) is 6.04 Å². The highest BCUT2D eigenvalue weighted by Gasteiger charge is 2.10. The monoisotopic (exact) mass is 258 g/mol. The van der Waals surface area contributed by atoms with E-state index in [1.54, 1.807) is 6.07 Å². The molecule has 2 aromatic heterocycles. The standard InChI is InChI=1S/C14H14N2O3/c1-8-3-5-12(18-8)9(2)15-10-4-6-13-11(7-10)16-14(17)19-13/h3-7,9,15H,1-2H3,(H,16,17). The van der Waals surface area contributed by atoms with Crippen molar-refractivity contribution >= 4 is 16.8 Å². The summed E-state index contributed by atoms with van der Waals surface area (Å²) in [4.78, 5) is 13.7. The predicted molar refractivity (Wildman–Crippen MR) is 72.3 cm³/mol. The number of H-pyrrole nitrogens is 1. The minimum absolute atomic E-state index is 0.0461. The number of aromatic nitrogens is 1. The molecular formula is C14H14N2O3. The smallest absolute Gasteiger partial charge is 0.417 e. The fourth-order valence-electron chi connectivity index (χ4n) is 2.05. The number of hydrogen-bond donors (Lipinski definition) is 2. The first-order valence-corrected chi connectivity index (χ1v) is 6.07. The molecule has 2 heterocycles. The topological polar surface area (TPSA) is 71.2 Å². The SMILES string of the molecule is Cc1ccc(C(C)Nc2ccc3oc(=O)[nH]c3c2)o1. The Morgan fingerprint density at radius 3 is 2.79 bits per heavy atom. The minimum Gasteiger partial charge on any atom is -0.464 e. The Bertz CT molecular complexity index is 766. The fraction of sp³-hybridized carbons (Fsp3) is 0.214. The summed E-state index contributed by atoms with van der Waals surface area (Å²) in [6, 6.07) is 9.40. The zero-order valence-electron chi connectivity index (χ0n) is 10.7. The van der Waals surface area contributed by atoms with Gasteiger partial charge in [0.15, 0.2) is 5.58 Å². The van der Waals surface area contributed by atoms with E-state index in [9.17, 15) is 4.79 Å². The molecule has 2 N–H and O–H groups in total. The van der Waals surface area contributed by atoms with Gasteiger partial charge in [0.1, 0.15) is 11.5 Å². The van der Waals surface area contributed by atoms with E-state index in [4.69, 9.17) is 8.83 Å². The summed E-state index contributed by atoms with van der Waals surface area (Å²) in [5.41, 5.74) is 2.13. The first-order chi connectivity index (χ1) is 9.11. The lowest BCUT2D eigenvalue weighted by molar-refractivity contribution is 0.467. The summed E-state index contributed by atoms with van der Waals surface area (Å²) in [6.45, 7) is 3.93. The summed E-state index contributed by atoms with van der Waals surface area (Å²) in [5.74, 6) is 1.32. The van der Waals surface area contributed by atoms with Crippen LogP contribution in [-0.2, 0) is 0 Å². The van der Waals surface area contributed by atoms with Crippen molar-refractivity contribution in [3.63, 3.8) is 0 Å². The summed E-state index contributed by atoms with van der Waals surface area (Å²) in [7, 11) is 0. The van der Waals surface area contributed by atoms with Crippen LogP contribution in [0.15, 0.2) is 44.0 Å². The van der Waals surface area contributed by atoms with Gasteiger partial charge in [0, 0.05) is 5.69 Å². The Kier molecular flexibility index (Phi) is 2.67. The van der Waals surface area contributed by atoms with Crippen LogP contribution in [0.1, 0.15) is 24.5 Å². The molecule has 0 spiro atoms. The van der Waals surface area contributed by atoms with Gasteiger partial charge in [0.25, 0.3) is 0 Å². The van der Waals surface area contributed by atoms with Crippen LogP contribution >= 0.6 is 0 Å². The second-order valence-electron chi connectivity index (χ2n) is 4.54. The largest absolute Gasteiger partial charge is 0.464 e. The van der Waals surface area contributed by atoms with Crippen LogP contribution in [-0.4, -0.2) is 4.98 Å². The van der Waals surface area contributed by atoms with Gasteiger partial charge in [-0.3, -0.25) is 4.98 Å². The van der Waals surface area contributed by atoms with Gasteiger partial charge in [-0.15, -0.1) is 0 Å². The number of aryl methyl sites for hydroxylation is 1. The highest BCUT2D eigenvalue weighted by Crippen LogP contribution is 2.23. The van der Waals surface area contributed by atoms with Crippen LogP contribution in [0.5, 0.6) is 0 Å². The molecule has 0 aliphatic carbocycles. The maximum atomic E-state index is 11.1. The molecule has 0 saturated heterocycles. The van der Waals surface area contributed by atoms with E-state index >= 15 is 0 Å². The van der Waals surface area contributed by atoms with Gasteiger partial charge in [-0.1, -0.05) is 0 Å². The first kappa shape index (κ1) is 11.6. The quantitative estimate of drug-likeness (QED) is 0.756. The molecule has 0 radical (unpaired) electrons. The van der Waals surface area contributed by atoms with Gasteiger partial charge in [0.05, 0.1) is 11.6 Å². The normalized spacial score (nSPS) is 12.7. The Balaban J connectivity index is 1.86. The number of hydrogen-bond acceptors (Lipinski definition) is 4. The molecule has 0 fully saturated rings. The lowest BCUT2D eigenvalue weighted by Gasteiger charge is -2.12. The summed E-state index contributed by atoms with van der Waals surface area (Å²) >= 11 is 0.